The minimum atomic E-state index is 0.483. The first-order valence-corrected chi connectivity index (χ1v) is 25.5. The van der Waals surface area contributed by atoms with E-state index < -0.39 is 0 Å². The largest absolute Gasteiger partial charge is 0.308 e. The summed E-state index contributed by atoms with van der Waals surface area (Å²) in [5.74, 6) is 1.58. The lowest BCUT2D eigenvalue weighted by Gasteiger charge is -2.18. The second kappa shape index (κ2) is 18.5. The Morgan fingerprint density at radius 2 is 0.500 bits per heavy atom. The van der Waals surface area contributed by atoms with Crippen LogP contribution in [0.2, 0.25) is 0 Å². The van der Waals surface area contributed by atoms with Gasteiger partial charge in [-0.15, -0.1) is 0 Å². The molecular formula is C70H44N6. The van der Waals surface area contributed by atoms with Crippen molar-refractivity contribution >= 4 is 43.6 Å². The topological polar surface area (TPSA) is 72.3 Å². The minimum Gasteiger partial charge on any atom is -0.308 e. The molecular weight excluding hydrogens is 925 g/mol. The van der Waals surface area contributed by atoms with E-state index in [0.717, 1.165) is 105 Å². The third-order valence-electron chi connectivity index (χ3n) is 14.6. The van der Waals surface area contributed by atoms with Gasteiger partial charge >= 0.3 is 0 Å². The molecule has 0 atom stereocenters. The fraction of sp³-hybridized carbons (Fsp3) is 0. The molecule has 0 aliphatic carbocycles. The summed E-state index contributed by atoms with van der Waals surface area (Å²) in [6, 6.07) is 95.9. The lowest BCUT2D eigenvalue weighted by Crippen LogP contribution is -2.07. The third kappa shape index (κ3) is 7.70. The van der Waals surface area contributed by atoms with Crippen LogP contribution in [0.15, 0.2) is 267 Å². The van der Waals surface area contributed by atoms with Gasteiger partial charge in [-0.2, -0.15) is 5.26 Å². The molecule has 0 spiro atoms. The lowest BCUT2D eigenvalue weighted by atomic mass is 10.0. The maximum atomic E-state index is 12.0. The maximum Gasteiger partial charge on any atom is 0.164 e. The lowest BCUT2D eigenvalue weighted by molar-refractivity contribution is 1.06. The highest BCUT2D eigenvalue weighted by Gasteiger charge is 2.25. The van der Waals surface area contributed by atoms with Crippen LogP contribution in [0.5, 0.6) is 0 Å². The molecule has 3 aromatic heterocycles. The van der Waals surface area contributed by atoms with Gasteiger partial charge in [-0.1, -0.05) is 206 Å². The van der Waals surface area contributed by atoms with Gasteiger partial charge in [0.25, 0.3) is 0 Å². The monoisotopic (exact) mass is 968 g/mol. The predicted molar refractivity (Wildman–Crippen MR) is 311 cm³/mol. The van der Waals surface area contributed by atoms with Crippen molar-refractivity contribution in [3.63, 3.8) is 0 Å². The SMILES string of the molecule is N#Cc1c(-n2c3ccc(-c4ccccc4)cc3c3cc(-c4ccccc4)ccc32)cc(-c2nc(-c3ccccc3)nc(-c3ccccc3)n2)cc1-n1c2ccc(-c3ccccc3)cc2c2cc(-c3ccccc3)ccc21. The molecule has 14 aromatic rings. The van der Waals surface area contributed by atoms with E-state index in [1.807, 2.05) is 84.9 Å². The number of nitrogens with zero attached hydrogens (tertiary/aromatic N) is 6. The van der Waals surface area contributed by atoms with Crippen molar-refractivity contribution in [1.29, 1.82) is 5.26 Å². The second-order valence-electron chi connectivity index (χ2n) is 19.1. The Morgan fingerprint density at radius 3 is 0.763 bits per heavy atom. The van der Waals surface area contributed by atoms with Crippen LogP contribution < -0.4 is 0 Å². The molecule has 3 heterocycles. The summed E-state index contributed by atoms with van der Waals surface area (Å²) in [6.45, 7) is 0. The molecule has 76 heavy (non-hydrogen) atoms. The normalized spacial score (nSPS) is 11.4. The van der Waals surface area contributed by atoms with E-state index in [9.17, 15) is 5.26 Å². The van der Waals surface area contributed by atoms with E-state index in [2.05, 4.69) is 197 Å². The molecule has 0 fully saturated rings. The Kier molecular flexibility index (Phi) is 10.8. The van der Waals surface area contributed by atoms with Crippen molar-refractivity contribution in [2.75, 3.05) is 0 Å². The summed E-state index contributed by atoms with van der Waals surface area (Å²) in [5, 5.41) is 16.3. The van der Waals surface area contributed by atoms with Crippen LogP contribution in [0.4, 0.5) is 0 Å². The van der Waals surface area contributed by atoms with E-state index in [4.69, 9.17) is 15.0 Å². The summed E-state index contributed by atoms with van der Waals surface area (Å²) < 4.78 is 4.54. The smallest absolute Gasteiger partial charge is 0.164 e. The molecule has 0 saturated carbocycles. The molecule has 0 N–H and O–H groups in total. The summed E-state index contributed by atoms with van der Waals surface area (Å²) in [7, 11) is 0. The van der Waals surface area contributed by atoms with E-state index >= 15 is 0 Å². The Labute approximate surface area is 439 Å². The molecule has 6 heteroatoms. The van der Waals surface area contributed by atoms with Gasteiger partial charge < -0.3 is 9.13 Å². The number of fused-ring (bicyclic) bond motifs is 6. The number of rotatable bonds is 9. The molecule has 0 saturated heterocycles. The Bertz CT molecular complexity index is 4070. The molecule has 0 aliphatic heterocycles. The van der Waals surface area contributed by atoms with Gasteiger partial charge in [-0.05, 0) is 105 Å². The van der Waals surface area contributed by atoms with Crippen LogP contribution in [0, 0.1) is 11.3 Å². The second-order valence-corrected chi connectivity index (χ2v) is 19.1. The van der Waals surface area contributed by atoms with Crippen LogP contribution in [0.3, 0.4) is 0 Å². The zero-order valence-electron chi connectivity index (χ0n) is 41.1. The first-order valence-electron chi connectivity index (χ1n) is 25.5. The Morgan fingerprint density at radius 1 is 0.250 bits per heavy atom. The summed E-state index contributed by atoms with van der Waals surface area (Å²) in [5.41, 5.74) is 17.2. The van der Waals surface area contributed by atoms with Crippen LogP contribution >= 0.6 is 0 Å². The molecule has 0 radical (unpaired) electrons. The van der Waals surface area contributed by atoms with Crippen molar-refractivity contribution in [3.8, 4) is 96.1 Å². The van der Waals surface area contributed by atoms with Gasteiger partial charge in [0.1, 0.15) is 11.6 Å². The zero-order chi connectivity index (χ0) is 50.5. The number of aromatic nitrogens is 5. The van der Waals surface area contributed by atoms with E-state index in [-0.39, 0.29) is 0 Å². The first kappa shape index (κ1) is 44.2. The average molecular weight is 969 g/mol. The summed E-state index contributed by atoms with van der Waals surface area (Å²) in [4.78, 5) is 15.7. The van der Waals surface area contributed by atoms with Crippen LogP contribution in [0.1, 0.15) is 5.56 Å². The van der Waals surface area contributed by atoms with E-state index in [1.165, 1.54) is 0 Å². The van der Waals surface area contributed by atoms with E-state index in [1.54, 1.807) is 0 Å². The molecule has 0 aliphatic rings. The summed E-state index contributed by atoms with van der Waals surface area (Å²) in [6.07, 6.45) is 0. The highest BCUT2D eigenvalue weighted by atomic mass is 15.1. The molecule has 0 amide bonds. The molecule has 354 valence electrons. The minimum absolute atomic E-state index is 0.483. The highest BCUT2D eigenvalue weighted by molar-refractivity contribution is 6.14. The third-order valence-corrected chi connectivity index (χ3v) is 14.6. The molecule has 6 nitrogen and oxygen atoms in total. The maximum absolute atomic E-state index is 12.0. The first-order chi connectivity index (χ1) is 37.6. The van der Waals surface area contributed by atoms with Gasteiger partial charge in [-0.25, -0.2) is 15.0 Å². The van der Waals surface area contributed by atoms with Gasteiger partial charge in [0.2, 0.25) is 0 Å². The zero-order valence-corrected chi connectivity index (χ0v) is 41.1. The van der Waals surface area contributed by atoms with Crippen molar-refractivity contribution in [2.24, 2.45) is 0 Å². The quantitative estimate of drug-likeness (QED) is 0.144. The van der Waals surface area contributed by atoms with Gasteiger partial charge in [0, 0.05) is 38.2 Å². The Hall–Kier alpha value is -10.5. The molecule has 0 unspecified atom stereocenters. The number of benzene rings is 11. The van der Waals surface area contributed by atoms with Crippen LogP contribution in [-0.4, -0.2) is 24.1 Å². The molecule has 14 rings (SSSR count). The van der Waals surface area contributed by atoms with Crippen LogP contribution in [-0.2, 0) is 0 Å². The highest BCUT2D eigenvalue weighted by Crippen LogP contribution is 2.43. The number of nitriles is 1. The predicted octanol–water partition coefficient (Wildman–Crippen LogP) is 17.6. The van der Waals surface area contributed by atoms with Gasteiger partial charge in [-0.3, -0.25) is 0 Å². The number of hydrogen-bond donors (Lipinski definition) is 0. The van der Waals surface area contributed by atoms with Crippen molar-refractivity contribution in [2.45, 2.75) is 0 Å². The molecule has 11 aromatic carbocycles. The standard InChI is InChI=1S/C70H44N6/c71-45-61-66(75-62-35-31-52(46-19-7-1-8-20-46)39-57(62)58-40-53(32-36-63(58)75)47-21-9-2-10-22-47)43-56(70-73-68(50-27-15-5-16-28-50)72-69(74-70)51-29-17-6-18-30-51)44-67(61)76-64-37-33-54(48-23-11-3-12-24-48)41-59(64)60-42-55(34-38-65(60)76)49-25-13-4-14-26-49/h1-44H. The average Bonchev–Trinajstić information content (AvgIpc) is 4.10. The van der Waals surface area contributed by atoms with Crippen molar-refractivity contribution < 1.29 is 0 Å². The van der Waals surface area contributed by atoms with Crippen LogP contribution in [0.25, 0.3) is 134 Å². The Balaban J connectivity index is 1.10. The summed E-state index contributed by atoms with van der Waals surface area (Å²) >= 11 is 0. The fourth-order valence-electron chi connectivity index (χ4n) is 11.0. The van der Waals surface area contributed by atoms with Crippen molar-refractivity contribution in [3.05, 3.63) is 272 Å². The van der Waals surface area contributed by atoms with Crippen molar-refractivity contribution in [1.82, 2.24) is 24.1 Å². The van der Waals surface area contributed by atoms with E-state index in [0.29, 0.717) is 34.4 Å². The van der Waals surface area contributed by atoms with Gasteiger partial charge in [0.05, 0.1) is 33.4 Å². The van der Waals surface area contributed by atoms with Gasteiger partial charge in [0.15, 0.2) is 17.5 Å². The molecule has 0 bridgehead atoms. The fourth-order valence-corrected chi connectivity index (χ4v) is 11.0. The number of hydrogen-bond acceptors (Lipinski definition) is 4.